The number of nitrogens with two attached hydrogens (primary N) is 1. The van der Waals surface area contributed by atoms with Crippen LogP contribution in [0.4, 0.5) is 8.78 Å². The predicted molar refractivity (Wildman–Crippen MR) is 83.3 cm³/mol. The lowest BCUT2D eigenvalue weighted by Crippen LogP contribution is -2.27. The van der Waals surface area contributed by atoms with E-state index in [1.165, 1.54) is 36.4 Å². The molecule has 2 rings (SSSR count). The maximum Gasteiger partial charge on any atom is 0.251 e. The first kappa shape index (κ1) is 17.4. The Morgan fingerprint density at radius 3 is 2.42 bits per heavy atom. The number of ether oxygens (including phenoxy) is 1. The molecule has 0 aliphatic heterocycles. The van der Waals surface area contributed by atoms with E-state index >= 15 is 0 Å². The number of hydrogen-bond donors (Lipinski definition) is 2. The lowest BCUT2D eigenvalue weighted by molar-refractivity contribution is -0.117. The van der Waals surface area contributed by atoms with E-state index in [1.54, 1.807) is 0 Å². The van der Waals surface area contributed by atoms with Gasteiger partial charge in [0, 0.05) is 18.5 Å². The third kappa shape index (κ3) is 5.05. The molecule has 24 heavy (non-hydrogen) atoms. The Bertz CT molecular complexity index is 733. The number of carbonyl (C=O) groups excluding carboxylic acids is 2. The summed E-state index contributed by atoms with van der Waals surface area (Å²) in [7, 11) is 0. The number of nitrogens with one attached hydrogen (secondary N) is 1. The Morgan fingerprint density at radius 1 is 1.08 bits per heavy atom. The summed E-state index contributed by atoms with van der Waals surface area (Å²) in [4.78, 5) is 22.4. The van der Waals surface area contributed by atoms with Crippen LogP contribution < -0.4 is 15.8 Å². The summed E-state index contributed by atoms with van der Waals surface area (Å²) >= 11 is 0. The standard InChI is InChI=1S/C17H16F2N2O3/c18-13-4-1-11(2-5-13)10-24-15-6-3-12(9-14(15)19)17(23)21-8-7-16(20)22/h1-6,9H,7-8,10H2,(H2,20,22)(H,21,23). The molecular formula is C17H16F2N2O3. The molecule has 0 saturated carbocycles. The smallest absolute Gasteiger partial charge is 0.251 e. The largest absolute Gasteiger partial charge is 0.486 e. The molecule has 0 aliphatic carbocycles. The van der Waals surface area contributed by atoms with E-state index in [1.807, 2.05) is 0 Å². The molecular weight excluding hydrogens is 318 g/mol. The molecule has 0 fully saturated rings. The molecule has 0 saturated heterocycles. The van der Waals surface area contributed by atoms with Crippen molar-refractivity contribution in [3.8, 4) is 5.75 Å². The fraction of sp³-hybridized carbons (Fsp3) is 0.176. The van der Waals surface area contributed by atoms with Gasteiger partial charge in [0.15, 0.2) is 11.6 Å². The van der Waals surface area contributed by atoms with Crippen molar-refractivity contribution in [2.75, 3.05) is 6.54 Å². The molecule has 0 aromatic heterocycles. The van der Waals surface area contributed by atoms with Gasteiger partial charge in [0.2, 0.25) is 5.91 Å². The molecule has 7 heteroatoms. The summed E-state index contributed by atoms with van der Waals surface area (Å²) < 4.78 is 32.1. The fourth-order valence-electron chi connectivity index (χ4n) is 1.90. The van der Waals surface area contributed by atoms with Crippen LogP contribution >= 0.6 is 0 Å². The van der Waals surface area contributed by atoms with Crippen molar-refractivity contribution in [3.63, 3.8) is 0 Å². The van der Waals surface area contributed by atoms with Crippen LogP contribution in [0.25, 0.3) is 0 Å². The van der Waals surface area contributed by atoms with Crippen molar-refractivity contribution in [1.82, 2.24) is 5.32 Å². The van der Waals surface area contributed by atoms with Crippen molar-refractivity contribution < 1.29 is 23.1 Å². The van der Waals surface area contributed by atoms with E-state index in [2.05, 4.69) is 5.32 Å². The molecule has 0 aliphatic rings. The van der Waals surface area contributed by atoms with Crippen LogP contribution in [-0.2, 0) is 11.4 Å². The van der Waals surface area contributed by atoms with Gasteiger partial charge in [-0.25, -0.2) is 8.78 Å². The van der Waals surface area contributed by atoms with Crippen LogP contribution in [0.1, 0.15) is 22.3 Å². The van der Waals surface area contributed by atoms with Crippen LogP contribution in [0.5, 0.6) is 5.75 Å². The molecule has 5 nitrogen and oxygen atoms in total. The van der Waals surface area contributed by atoms with Gasteiger partial charge in [-0.2, -0.15) is 0 Å². The molecule has 0 spiro atoms. The summed E-state index contributed by atoms with van der Waals surface area (Å²) in [5.74, 6) is -2.13. The Morgan fingerprint density at radius 2 is 1.79 bits per heavy atom. The van der Waals surface area contributed by atoms with E-state index in [-0.39, 0.29) is 36.7 Å². The Labute approximate surface area is 137 Å². The first-order chi connectivity index (χ1) is 11.5. The zero-order valence-electron chi connectivity index (χ0n) is 12.7. The molecule has 2 aromatic rings. The number of benzene rings is 2. The first-order valence-electron chi connectivity index (χ1n) is 7.19. The summed E-state index contributed by atoms with van der Waals surface area (Å²) in [6.07, 6.45) is 0.00703. The Hall–Kier alpha value is -2.96. The van der Waals surface area contributed by atoms with E-state index in [0.29, 0.717) is 5.56 Å². The van der Waals surface area contributed by atoms with Gasteiger partial charge >= 0.3 is 0 Å². The lowest BCUT2D eigenvalue weighted by atomic mass is 10.2. The third-order valence-electron chi connectivity index (χ3n) is 3.16. The number of halogens is 2. The van der Waals surface area contributed by atoms with Crippen molar-refractivity contribution in [1.29, 1.82) is 0 Å². The van der Waals surface area contributed by atoms with Crippen molar-refractivity contribution >= 4 is 11.8 Å². The Kier molecular flexibility index (Phi) is 5.83. The van der Waals surface area contributed by atoms with E-state index < -0.39 is 17.6 Å². The van der Waals surface area contributed by atoms with Crippen LogP contribution in [-0.4, -0.2) is 18.4 Å². The van der Waals surface area contributed by atoms with Crippen LogP contribution in [0.15, 0.2) is 42.5 Å². The van der Waals surface area contributed by atoms with E-state index in [0.717, 1.165) is 6.07 Å². The number of rotatable bonds is 7. The summed E-state index contributed by atoms with van der Waals surface area (Å²) in [6.45, 7) is 0.153. The average molecular weight is 334 g/mol. The minimum absolute atomic E-state index is 0.00703. The Balaban J connectivity index is 1.94. The van der Waals surface area contributed by atoms with Gasteiger partial charge in [-0.15, -0.1) is 0 Å². The van der Waals surface area contributed by atoms with E-state index in [9.17, 15) is 18.4 Å². The second-order valence-corrected chi connectivity index (χ2v) is 5.03. The molecule has 0 radical (unpaired) electrons. The van der Waals surface area contributed by atoms with Gasteiger partial charge in [0.1, 0.15) is 12.4 Å². The topological polar surface area (TPSA) is 81.4 Å². The van der Waals surface area contributed by atoms with Crippen molar-refractivity contribution in [2.45, 2.75) is 13.0 Å². The van der Waals surface area contributed by atoms with Gasteiger partial charge in [0.25, 0.3) is 5.91 Å². The fourth-order valence-corrected chi connectivity index (χ4v) is 1.90. The molecule has 0 atom stereocenters. The monoisotopic (exact) mass is 334 g/mol. The van der Waals surface area contributed by atoms with Gasteiger partial charge in [-0.3, -0.25) is 9.59 Å². The van der Waals surface area contributed by atoms with Crippen LogP contribution in [0.3, 0.4) is 0 Å². The zero-order valence-corrected chi connectivity index (χ0v) is 12.7. The summed E-state index contributed by atoms with van der Waals surface area (Å²) in [6, 6.07) is 9.43. The third-order valence-corrected chi connectivity index (χ3v) is 3.16. The van der Waals surface area contributed by atoms with Gasteiger partial charge < -0.3 is 15.8 Å². The molecule has 126 valence electrons. The number of amides is 2. The molecule has 2 aromatic carbocycles. The van der Waals surface area contributed by atoms with Gasteiger partial charge in [-0.05, 0) is 35.9 Å². The highest BCUT2D eigenvalue weighted by molar-refractivity contribution is 5.94. The molecule has 3 N–H and O–H groups in total. The molecule has 0 bridgehead atoms. The van der Waals surface area contributed by atoms with Crippen molar-refractivity contribution in [2.24, 2.45) is 5.73 Å². The second kappa shape index (κ2) is 8.05. The summed E-state index contributed by atoms with van der Waals surface area (Å²) in [5.41, 5.74) is 5.75. The molecule has 0 heterocycles. The quantitative estimate of drug-likeness (QED) is 0.814. The predicted octanol–water partition coefficient (Wildman–Crippen LogP) is 2.15. The first-order valence-corrected chi connectivity index (χ1v) is 7.19. The maximum atomic E-state index is 14.0. The van der Waals surface area contributed by atoms with E-state index in [4.69, 9.17) is 10.5 Å². The number of carbonyl (C=O) groups is 2. The maximum absolute atomic E-state index is 14.0. The zero-order chi connectivity index (χ0) is 17.5. The highest BCUT2D eigenvalue weighted by atomic mass is 19.1. The molecule has 0 unspecified atom stereocenters. The van der Waals surface area contributed by atoms with Crippen LogP contribution in [0, 0.1) is 11.6 Å². The van der Waals surface area contributed by atoms with Crippen molar-refractivity contribution in [3.05, 3.63) is 65.2 Å². The minimum atomic E-state index is -0.695. The highest BCUT2D eigenvalue weighted by Gasteiger charge is 2.11. The highest BCUT2D eigenvalue weighted by Crippen LogP contribution is 2.20. The molecule has 2 amide bonds. The SMILES string of the molecule is NC(=O)CCNC(=O)c1ccc(OCc2ccc(F)cc2)c(F)c1. The second-order valence-electron chi connectivity index (χ2n) is 5.03. The number of primary amides is 1. The minimum Gasteiger partial charge on any atom is -0.486 e. The van der Waals surface area contributed by atoms with Gasteiger partial charge in [0.05, 0.1) is 0 Å². The summed E-state index contributed by atoms with van der Waals surface area (Å²) in [5, 5.41) is 2.46. The van der Waals surface area contributed by atoms with Gasteiger partial charge in [-0.1, -0.05) is 12.1 Å². The normalized spacial score (nSPS) is 10.2. The number of hydrogen-bond acceptors (Lipinski definition) is 3. The lowest BCUT2D eigenvalue weighted by Gasteiger charge is -2.09. The van der Waals surface area contributed by atoms with Crippen LogP contribution in [0.2, 0.25) is 0 Å². The average Bonchev–Trinajstić information content (AvgIpc) is 2.54.